The number of carbonyl (C=O) groups excluding carboxylic acids is 1. The summed E-state index contributed by atoms with van der Waals surface area (Å²) in [6.07, 6.45) is -2.54. The Bertz CT molecular complexity index is 362. The molecule has 90 valence electrons. The van der Waals surface area contributed by atoms with E-state index in [9.17, 15) is 18.0 Å². The number of halogens is 3. The van der Waals surface area contributed by atoms with Crippen molar-refractivity contribution in [1.82, 2.24) is 9.78 Å². The Balaban J connectivity index is 2.55. The fourth-order valence-corrected chi connectivity index (χ4v) is 0.886. The van der Waals surface area contributed by atoms with Gasteiger partial charge in [-0.3, -0.25) is 4.79 Å². The molecule has 1 rings (SSSR count). The Morgan fingerprint density at radius 3 is 2.88 bits per heavy atom. The first-order valence-electron chi connectivity index (χ1n) is 4.42. The van der Waals surface area contributed by atoms with E-state index in [2.05, 4.69) is 5.10 Å². The van der Waals surface area contributed by atoms with Gasteiger partial charge in [0.2, 0.25) is 0 Å². The number of anilines is 1. The summed E-state index contributed by atoms with van der Waals surface area (Å²) >= 11 is 0. The summed E-state index contributed by atoms with van der Waals surface area (Å²) in [5.74, 6) is -2.02. The molecule has 5 nitrogen and oxygen atoms in total. The molecule has 0 unspecified atom stereocenters. The number of nitrogens with zero attached hydrogens (tertiary/aromatic N) is 2. The smallest absolute Gasteiger partial charge is 0.360 e. The zero-order chi connectivity index (χ0) is 12.2. The normalized spacial score (nSPS) is 11.5. The summed E-state index contributed by atoms with van der Waals surface area (Å²) in [7, 11) is 0. The van der Waals surface area contributed by atoms with E-state index in [-0.39, 0.29) is 12.4 Å². The third-order valence-corrected chi connectivity index (χ3v) is 1.58. The van der Waals surface area contributed by atoms with Gasteiger partial charge in [-0.05, 0) is 6.92 Å². The molecule has 0 atom stereocenters. The van der Waals surface area contributed by atoms with Gasteiger partial charge in [0.15, 0.2) is 0 Å². The van der Waals surface area contributed by atoms with Crippen LogP contribution in [0.15, 0.2) is 12.4 Å². The van der Waals surface area contributed by atoms with Gasteiger partial charge in [-0.15, -0.1) is 0 Å². The monoisotopic (exact) mass is 237 g/mol. The highest BCUT2D eigenvalue weighted by Gasteiger charge is 2.38. The van der Waals surface area contributed by atoms with Crippen LogP contribution < -0.4 is 5.32 Å². The molecule has 0 saturated carbocycles. The molecule has 0 fully saturated rings. The van der Waals surface area contributed by atoms with Crippen LogP contribution in [0.2, 0.25) is 0 Å². The highest BCUT2D eigenvalue weighted by Crippen LogP contribution is 2.17. The number of carbonyl (C=O) groups is 1. The summed E-state index contributed by atoms with van der Waals surface area (Å²) in [6.45, 7) is 2.36. The van der Waals surface area contributed by atoms with Crippen LogP contribution >= 0.6 is 0 Å². The van der Waals surface area contributed by atoms with Crippen molar-refractivity contribution in [2.45, 2.75) is 19.8 Å². The lowest BCUT2D eigenvalue weighted by Crippen LogP contribution is -2.29. The average Bonchev–Trinajstić information content (AvgIpc) is 2.61. The number of ether oxygens (including phenoxy) is 1. The minimum atomic E-state index is -4.90. The summed E-state index contributed by atoms with van der Waals surface area (Å²) in [6, 6.07) is 0. The second kappa shape index (κ2) is 4.97. The molecule has 1 heterocycles. The molecule has 1 aromatic rings. The fraction of sp³-hybridized carbons (Fsp3) is 0.500. The second-order valence-electron chi connectivity index (χ2n) is 2.84. The van der Waals surface area contributed by atoms with Crippen molar-refractivity contribution in [1.29, 1.82) is 0 Å². The van der Waals surface area contributed by atoms with Gasteiger partial charge in [0, 0.05) is 6.61 Å². The van der Waals surface area contributed by atoms with Gasteiger partial charge in [0.05, 0.1) is 18.1 Å². The SMILES string of the molecule is CCOCn1cc(NC(=O)C(F)(F)F)cn1. The van der Waals surface area contributed by atoms with Crippen LogP contribution in [-0.4, -0.2) is 28.5 Å². The van der Waals surface area contributed by atoms with E-state index in [0.29, 0.717) is 6.61 Å². The molecule has 16 heavy (non-hydrogen) atoms. The third-order valence-electron chi connectivity index (χ3n) is 1.58. The number of alkyl halides is 3. The van der Waals surface area contributed by atoms with Gasteiger partial charge in [0.1, 0.15) is 6.73 Å². The number of hydrogen-bond acceptors (Lipinski definition) is 3. The van der Waals surface area contributed by atoms with E-state index < -0.39 is 12.1 Å². The molecule has 1 amide bonds. The number of nitrogens with one attached hydrogen (secondary N) is 1. The molecule has 0 aliphatic heterocycles. The van der Waals surface area contributed by atoms with E-state index in [1.807, 2.05) is 0 Å². The lowest BCUT2D eigenvalue weighted by atomic mass is 10.5. The molecule has 1 aromatic heterocycles. The molecular formula is C8H10F3N3O2. The summed E-state index contributed by atoms with van der Waals surface area (Å²) in [5.41, 5.74) is -0.0259. The van der Waals surface area contributed by atoms with Crippen LogP contribution in [0.4, 0.5) is 18.9 Å². The van der Waals surface area contributed by atoms with E-state index in [4.69, 9.17) is 4.74 Å². The highest BCUT2D eigenvalue weighted by atomic mass is 19.4. The maximum atomic E-state index is 11.9. The van der Waals surface area contributed by atoms with Gasteiger partial charge in [-0.2, -0.15) is 18.3 Å². The Labute approximate surface area is 89.2 Å². The van der Waals surface area contributed by atoms with Crippen molar-refractivity contribution in [2.75, 3.05) is 11.9 Å². The standard InChI is InChI=1S/C8H10F3N3O2/c1-2-16-5-14-4-6(3-12-14)13-7(15)8(9,10)11/h3-4H,2,5H2,1H3,(H,13,15). The first-order valence-corrected chi connectivity index (χ1v) is 4.42. The maximum absolute atomic E-state index is 11.9. The number of aromatic nitrogens is 2. The molecule has 0 aliphatic rings. The van der Waals surface area contributed by atoms with Gasteiger partial charge >= 0.3 is 12.1 Å². The minimum absolute atomic E-state index is 0.0259. The first kappa shape index (κ1) is 12.5. The van der Waals surface area contributed by atoms with Crippen LogP contribution in [0.3, 0.4) is 0 Å². The summed E-state index contributed by atoms with van der Waals surface area (Å²) < 4.78 is 41.9. The molecule has 0 aromatic carbocycles. The lowest BCUT2D eigenvalue weighted by Gasteiger charge is -2.05. The minimum Gasteiger partial charge on any atom is -0.360 e. The van der Waals surface area contributed by atoms with Crippen LogP contribution in [0.25, 0.3) is 0 Å². The third kappa shape index (κ3) is 3.54. The number of amides is 1. The van der Waals surface area contributed by atoms with Gasteiger partial charge in [-0.25, -0.2) is 4.68 Å². The van der Waals surface area contributed by atoms with Gasteiger partial charge in [-0.1, -0.05) is 0 Å². The maximum Gasteiger partial charge on any atom is 0.471 e. The van der Waals surface area contributed by atoms with Crippen molar-refractivity contribution in [3.8, 4) is 0 Å². The first-order chi connectivity index (χ1) is 7.43. The summed E-state index contributed by atoms with van der Waals surface area (Å²) in [4.78, 5) is 10.6. The van der Waals surface area contributed by atoms with Crippen LogP contribution in [-0.2, 0) is 16.3 Å². The largest absolute Gasteiger partial charge is 0.471 e. The van der Waals surface area contributed by atoms with Crippen LogP contribution in [0.5, 0.6) is 0 Å². The predicted molar refractivity (Wildman–Crippen MR) is 48.5 cm³/mol. The predicted octanol–water partition coefficient (Wildman–Crippen LogP) is 1.38. The Kier molecular flexibility index (Phi) is 3.88. The second-order valence-corrected chi connectivity index (χ2v) is 2.84. The Morgan fingerprint density at radius 2 is 2.31 bits per heavy atom. The Morgan fingerprint density at radius 1 is 1.62 bits per heavy atom. The van der Waals surface area contributed by atoms with E-state index >= 15 is 0 Å². The zero-order valence-corrected chi connectivity index (χ0v) is 8.41. The van der Waals surface area contributed by atoms with Crippen molar-refractivity contribution in [3.05, 3.63) is 12.4 Å². The fourth-order valence-electron chi connectivity index (χ4n) is 0.886. The Hall–Kier alpha value is -1.57. The highest BCUT2D eigenvalue weighted by molar-refractivity contribution is 5.94. The van der Waals surface area contributed by atoms with Crippen molar-refractivity contribution in [2.24, 2.45) is 0 Å². The quantitative estimate of drug-likeness (QED) is 0.860. The van der Waals surface area contributed by atoms with E-state index in [1.54, 1.807) is 12.2 Å². The topological polar surface area (TPSA) is 56.1 Å². The van der Waals surface area contributed by atoms with E-state index in [0.717, 1.165) is 6.20 Å². The van der Waals surface area contributed by atoms with Crippen LogP contribution in [0.1, 0.15) is 6.92 Å². The molecular weight excluding hydrogens is 227 g/mol. The molecule has 0 saturated heterocycles. The number of rotatable bonds is 4. The van der Waals surface area contributed by atoms with Crippen molar-refractivity contribution in [3.63, 3.8) is 0 Å². The summed E-state index contributed by atoms with van der Waals surface area (Å²) in [5, 5.41) is 5.37. The molecule has 0 bridgehead atoms. The zero-order valence-electron chi connectivity index (χ0n) is 8.41. The van der Waals surface area contributed by atoms with E-state index in [1.165, 1.54) is 10.9 Å². The number of hydrogen-bond donors (Lipinski definition) is 1. The molecule has 0 spiro atoms. The van der Waals surface area contributed by atoms with Crippen LogP contribution in [0, 0.1) is 0 Å². The molecule has 1 N–H and O–H groups in total. The average molecular weight is 237 g/mol. The van der Waals surface area contributed by atoms with Gasteiger partial charge in [0.25, 0.3) is 0 Å². The molecule has 0 radical (unpaired) electrons. The molecule has 8 heteroatoms. The lowest BCUT2D eigenvalue weighted by molar-refractivity contribution is -0.167. The van der Waals surface area contributed by atoms with Crippen molar-refractivity contribution < 1.29 is 22.7 Å². The van der Waals surface area contributed by atoms with Gasteiger partial charge < -0.3 is 10.1 Å². The van der Waals surface area contributed by atoms with Crippen molar-refractivity contribution >= 4 is 11.6 Å². The molecule has 0 aliphatic carbocycles.